The monoisotopic (exact) mass is 267 g/mol. The van der Waals surface area contributed by atoms with Gasteiger partial charge in [-0.3, -0.25) is 9.69 Å². The first-order chi connectivity index (χ1) is 9.10. The minimum absolute atomic E-state index is 0.0383. The molecule has 0 atom stereocenters. The fourth-order valence-electron chi connectivity index (χ4n) is 1.71. The summed E-state index contributed by atoms with van der Waals surface area (Å²) in [5, 5.41) is 11.6. The van der Waals surface area contributed by atoms with Crippen molar-refractivity contribution >= 4 is 17.3 Å². The topological polar surface area (TPSA) is 87.8 Å². The van der Waals surface area contributed by atoms with Gasteiger partial charge in [-0.2, -0.15) is 0 Å². The van der Waals surface area contributed by atoms with E-state index in [-0.39, 0.29) is 19.1 Å². The molecule has 106 valence electrons. The SMILES string of the molecule is CCN(CCO)CC(=O)Nc1ccc(OC)c(N)c1. The normalized spacial score (nSPS) is 10.5. The number of methoxy groups -OCH3 is 1. The van der Waals surface area contributed by atoms with Gasteiger partial charge in [0, 0.05) is 12.2 Å². The standard InChI is InChI=1S/C13H21N3O3/c1-3-16(6-7-17)9-13(18)15-10-4-5-12(19-2)11(14)8-10/h4-5,8,17H,3,6-7,9,14H2,1-2H3,(H,15,18). The van der Waals surface area contributed by atoms with Crippen LogP contribution in [0.1, 0.15) is 6.92 Å². The number of aliphatic hydroxyl groups excluding tert-OH is 1. The molecule has 0 aliphatic carbocycles. The van der Waals surface area contributed by atoms with Gasteiger partial charge in [-0.05, 0) is 24.7 Å². The van der Waals surface area contributed by atoms with Crippen molar-refractivity contribution < 1.29 is 14.6 Å². The maximum Gasteiger partial charge on any atom is 0.238 e. The maximum absolute atomic E-state index is 11.8. The zero-order valence-corrected chi connectivity index (χ0v) is 11.3. The highest BCUT2D eigenvalue weighted by Gasteiger charge is 2.09. The molecule has 0 aliphatic heterocycles. The molecule has 6 heteroatoms. The van der Waals surface area contributed by atoms with Crippen LogP contribution in [0.3, 0.4) is 0 Å². The lowest BCUT2D eigenvalue weighted by molar-refractivity contribution is -0.117. The molecule has 0 fully saturated rings. The minimum atomic E-state index is -0.139. The Morgan fingerprint density at radius 2 is 2.26 bits per heavy atom. The highest BCUT2D eigenvalue weighted by Crippen LogP contribution is 2.24. The van der Waals surface area contributed by atoms with Crippen LogP contribution in [0.4, 0.5) is 11.4 Å². The van der Waals surface area contributed by atoms with E-state index in [1.807, 2.05) is 11.8 Å². The van der Waals surface area contributed by atoms with E-state index in [0.717, 1.165) is 0 Å². The van der Waals surface area contributed by atoms with Gasteiger partial charge < -0.3 is 20.9 Å². The van der Waals surface area contributed by atoms with Crippen LogP contribution in [0.5, 0.6) is 5.75 Å². The number of carbonyl (C=O) groups is 1. The molecule has 4 N–H and O–H groups in total. The van der Waals surface area contributed by atoms with Crippen LogP contribution >= 0.6 is 0 Å². The molecule has 0 spiro atoms. The average Bonchev–Trinajstić information content (AvgIpc) is 2.38. The van der Waals surface area contributed by atoms with Crippen LogP contribution < -0.4 is 15.8 Å². The van der Waals surface area contributed by atoms with Gasteiger partial charge >= 0.3 is 0 Å². The van der Waals surface area contributed by atoms with Gasteiger partial charge in [0.1, 0.15) is 5.75 Å². The molecule has 19 heavy (non-hydrogen) atoms. The van der Waals surface area contributed by atoms with Gasteiger partial charge in [0.2, 0.25) is 5.91 Å². The third-order valence-electron chi connectivity index (χ3n) is 2.74. The van der Waals surface area contributed by atoms with Gasteiger partial charge in [0.25, 0.3) is 0 Å². The van der Waals surface area contributed by atoms with Gasteiger partial charge in [-0.25, -0.2) is 0 Å². The van der Waals surface area contributed by atoms with Crippen LogP contribution in [0.15, 0.2) is 18.2 Å². The number of amides is 1. The molecule has 0 bridgehead atoms. The van der Waals surface area contributed by atoms with Gasteiger partial charge in [-0.15, -0.1) is 0 Å². The van der Waals surface area contributed by atoms with Crippen molar-refractivity contribution in [1.82, 2.24) is 4.90 Å². The van der Waals surface area contributed by atoms with Crippen molar-refractivity contribution in [3.8, 4) is 5.75 Å². The van der Waals surface area contributed by atoms with Crippen LogP contribution in [0, 0.1) is 0 Å². The van der Waals surface area contributed by atoms with Crippen LogP contribution in [-0.2, 0) is 4.79 Å². The Labute approximate surface area is 113 Å². The summed E-state index contributed by atoms with van der Waals surface area (Å²) in [6, 6.07) is 5.09. The average molecular weight is 267 g/mol. The highest BCUT2D eigenvalue weighted by molar-refractivity contribution is 5.92. The second-order valence-electron chi connectivity index (χ2n) is 4.10. The summed E-state index contributed by atoms with van der Waals surface area (Å²) >= 11 is 0. The molecule has 0 saturated heterocycles. The fourth-order valence-corrected chi connectivity index (χ4v) is 1.71. The number of nitrogens with two attached hydrogens (primary N) is 1. The number of carbonyl (C=O) groups excluding carboxylic acids is 1. The fraction of sp³-hybridized carbons (Fsp3) is 0.462. The molecular weight excluding hydrogens is 246 g/mol. The number of likely N-dealkylation sites (N-methyl/N-ethyl adjacent to an activating group) is 1. The van der Waals surface area contributed by atoms with E-state index < -0.39 is 0 Å². The minimum Gasteiger partial charge on any atom is -0.495 e. The maximum atomic E-state index is 11.8. The largest absolute Gasteiger partial charge is 0.495 e. The second kappa shape index (κ2) is 7.60. The third-order valence-corrected chi connectivity index (χ3v) is 2.74. The lowest BCUT2D eigenvalue weighted by Gasteiger charge is -2.18. The third kappa shape index (κ3) is 4.76. The number of hydrogen-bond acceptors (Lipinski definition) is 5. The Hall–Kier alpha value is -1.79. The molecule has 0 aliphatic rings. The van der Waals surface area contributed by atoms with Crippen molar-refractivity contribution in [3.63, 3.8) is 0 Å². The van der Waals surface area contributed by atoms with E-state index >= 15 is 0 Å². The van der Waals surface area contributed by atoms with Crippen LogP contribution in [-0.4, -0.2) is 49.3 Å². The lowest BCUT2D eigenvalue weighted by atomic mass is 10.2. The van der Waals surface area contributed by atoms with Crippen LogP contribution in [0.25, 0.3) is 0 Å². The summed E-state index contributed by atoms with van der Waals surface area (Å²) in [7, 11) is 1.54. The number of nitrogens with one attached hydrogen (secondary N) is 1. The predicted molar refractivity (Wildman–Crippen MR) is 75.2 cm³/mol. The summed E-state index contributed by atoms with van der Waals surface area (Å²) in [6.07, 6.45) is 0. The van der Waals surface area contributed by atoms with Gasteiger partial charge in [0.15, 0.2) is 0 Å². The van der Waals surface area contributed by atoms with Crippen molar-refractivity contribution in [2.45, 2.75) is 6.92 Å². The second-order valence-corrected chi connectivity index (χ2v) is 4.10. The molecule has 0 unspecified atom stereocenters. The molecular formula is C13H21N3O3. The molecule has 1 aromatic rings. The lowest BCUT2D eigenvalue weighted by Crippen LogP contribution is -2.35. The quantitative estimate of drug-likeness (QED) is 0.627. The number of nitrogens with zero attached hydrogens (tertiary/aromatic N) is 1. The molecule has 6 nitrogen and oxygen atoms in total. The van der Waals surface area contributed by atoms with E-state index in [1.54, 1.807) is 18.2 Å². The predicted octanol–water partition coefficient (Wildman–Crippen LogP) is 0.530. The molecule has 0 radical (unpaired) electrons. The van der Waals surface area contributed by atoms with Crippen molar-refractivity contribution in [2.24, 2.45) is 0 Å². The first-order valence-electron chi connectivity index (χ1n) is 6.17. The summed E-state index contributed by atoms with van der Waals surface area (Å²) in [5.74, 6) is 0.438. The number of benzene rings is 1. The molecule has 0 saturated carbocycles. The molecule has 1 rings (SSSR count). The number of hydrogen-bond donors (Lipinski definition) is 3. The Morgan fingerprint density at radius 3 is 2.79 bits per heavy atom. The Kier molecular flexibility index (Phi) is 6.11. The Balaban J connectivity index is 2.59. The van der Waals surface area contributed by atoms with Crippen molar-refractivity contribution in [3.05, 3.63) is 18.2 Å². The van der Waals surface area contributed by atoms with E-state index in [1.165, 1.54) is 7.11 Å². The van der Waals surface area contributed by atoms with Gasteiger partial charge in [-0.1, -0.05) is 6.92 Å². The molecule has 0 aromatic heterocycles. The summed E-state index contributed by atoms with van der Waals surface area (Å²) in [5.41, 5.74) is 6.87. The van der Waals surface area contributed by atoms with E-state index in [2.05, 4.69) is 5.32 Å². The number of rotatable bonds is 7. The molecule has 1 amide bonds. The molecule has 0 heterocycles. The zero-order valence-electron chi connectivity index (χ0n) is 11.3. The number of nitrogen functional groups attached to an aromatic ring is 1. The van der Waals surface area contributed by atoms with E-state index in [0.29, 0.717) is 30.2 Å². The number of aliphatic hydroxyl groups is 1. The van der Waals surface area contributed by atoms with Crippen LogP contribution in [0.2, 0.25) is 0 Å². The number of anilines is 2. The Bertz CT molecular complexity index is 424. The van der Waals surface area contributed by atoms with Gasteiger partial charge in [0.05, 0.1) is 25.9 Å². The summed E-state index contributed by atoms with van der Waals surface area (Å²) in [6.45, 7) is 3.40. The summed E-state index contributed by atoms with van der Waals surface area (Å²) < 4.78 is 5.05. The summed E-state index contributed by atoms with van der Waals surface area (Å²) in [4.78, 5) is 13.7. The first-order valence-corrected chi connectivity index (χ1v) is 6.17. The van der Waals surface area contributed by atoms with E-state index in [9.17, 15) is 4.79 Å². The number of ether oxygens (including phenoxy) is 1. The molecule has 1 aromatic carbocycles. The van der Waals surface area contributed by atoms with Crippen molar-refractivity contribution in [2.75, 3.05) is 44.4 Å². The highest BCUT2D eigenvalue weighted by atomic mass is 16.5. The van der Waals surface area contributed by atoms with Crippen molar-refractivity contribution in [1.29, 1.82) is 0 Å². The first kappa shape index (κ1) is 15.3. The smallest absolute Gasteiger partial charge is 0.238 e. The Morgan fingerprint density at radius 1 is 1.53 bits per heavy atom. The van der Waals surface area contributed by atoms with E-state index in [4.69, 9.17) is 15.6 Å². The zero-order chi connectivity index (χ0) is 14.3.